The number of hydrogen-bond donors (Lipinski definition) is 3. The van der Waals surface area contributed by atoms with Crippen LogP contribution in [0.1, 0.15) is 5.56 Å². The maximum absolute atomic E-state index is 5.68. The van der Waals surface area contributed by atoms with Gasteiger partial charge >= 0.3 is 0 Å². The molecule has 2 aromatic rings. The van der Waals surface area contributed by atoms with E-state index in [0.29, 0.717) is 23.2 Å². The maximum Gasteiger partial charge on any atom is 0.197 e. The molecule has 0 spiro atoms. The number of halogens is 2. The highest BCUT2D eigenvalue weighted by atomic mass is 35.5. The third kappa shape index (κ3) is 4.37. The molecule has 0 unspecified atom stereocenters. The lowest BCUT2D eigenvalue weighted by molar-refractivity contribution is 0.354. The minimum Gasteiger partial charge on any atom is -0.493 e. The van der Waals surface area contributed by atoms with Gasteiger partial charge in [0.2, 0.25) is 0 Å². The number of hydrogen-bond acceptors (Lipinski definition) is 7. The number of nitrogens with two attached hydrogens (primary N) is 2. The molecule has 6 nitrogen and oxygen atoms in total. The molecule has 0 aliphatic heterocycles. The van der Waals surface area contributed by atoms with E-state index in [-0.39, 0.29) is 24.8 Å². The Kier molecular flexibility index (Phi) is 9.15. The Morgan fingerprint density at radius 2 is 1.82 bits per heavy atom. The zero-order chi connectivity index (χ0) is 14.5. The van der Waals surface area contributed by atoms with Gasteiger partial charge in [0.15, 0.2) is 16.6 Å². The van der Waals surface area contributed by atoms with E-state index in [1.54, 1.807) is 14.2 Å². The molecule has 0 atom stereocenters. The molecule has 0 aliphatic carbocycles. The Balaban J connectivity index is 0.00000220. The molecule has 2 rings (SSSR count). The van der Waals surface area contributed by atoms with E-state index in [0.717, 1.165) is 23.2 Å². The summed E-state index contributed by atoms with van der Waals surface area (Å²) in [6.45, 7) is 0.550. The number of methoxy groups -OCH3 is 2. The second-order valence-electron chi connectivity index (χ2n) is 4.09. The fourth-order valence-electron chi connectivity index (χ4n) is 1.99. The number of benzene rings is 1. The number of anilines is 1. The Morgan fingerprint density at radius 1 is 1.18 bits per heavy atom. The first-order valence-corrected chi connectivity index (χ1v) is 6.99. The Labute approximate surface area is 146 Å². The molecule has 0 bridgehead atoms. The molecule has 0 saturated heterocycles. The molecule has 1 aromatic heterocycles. The summed E-state index contributed by atoms with van der Waals surface area (Å²) in [5.41, 5.74) is 11.1. The zero-order valence-electron chi connectivity index (χ0n) is 12.3. The van der Waals surface area contributed by atoms with Gasteiger partial charge in [-0.05, 0) is 30.7 Å². The van der Waals surface area contributed by atoms with Crippen LogP contribution >= 0.6 is 36.2 Å². The van der Waals surface area contributed by atoms with Crippen molar-refractivity contribution in [3.05, 3.63) is 23.1 Å². The van der Waals surface area contributed by atoms with Crippen LogP contribution in [0.2, 0.25) is 0 Å². The van der Waals surface area contributed by atoms with Gasteiger partial charge in [-0.15, -0.1) is 36.2 Å². The SMILES string of the molecule is COc1cc(CCN)c(-c2csc(NN)n2)cc1OC.Cl.Cl. The molecule has 22 heavy (non-hydrogen) atoms. The summed E-state index contributed by atoms with van der Waals surface area (Å²) in [6, 6.07) is 3.86. The van der Waals surface area contributed by atoms with Crippen molar-refractivity contribution in [3.8, 4) is 22.8 Å². The first kappa shape index (κ1) is 20.8. The van der Waals surface area contributed by atoms with Crippen LogP contribution in [0.5, 0.6) is 11.5 Å². The van der Waals surface area contributed by atoms with Gasteiger partial charge in [-0.3, -0.25) is 5.43 Å². The second kappa shape index (κ2) is 9.70. The highest BCUT2D eigenvalue weighted by Gasteiger charge is 2.14. The van der Waals surface area contributed by atoms with Crippen molar-refractivity contribution in [3.63, 3.8) is 0 Å². The lowest BCUT2D eigenvalue weighted by Crippen LogP contribution is -2.06. The summed E-state index contributed by atoms with van der Waals surface area (Å²) in [4.78, 5) is 4.42. The van der Waals surface area contributed by atoms with Gasteiger partial charge in [-0.2, -0.15) is 0 Å². The summed E-state index contributed by atoms with van der Waals surface area (Å²) in [5, 5.41) is 2.60. The number of thiazole rings is 1. The Morgan fingerprint density at radius 3 is 2.32 bits per heavy atom. The van der Waals surface area contributed by atoms with Gasteiger partial charge in [0.05, 0.1) is 19.9 Å². The van der Waals surface area contributed by atoms with E-state index in [1.807, 2.05) is 17.5 Å². The van der Waals surface area contributed by atoms with Crippen molar-refractivity contribution in [2.75, 3.05) is 26.2 Å². The van der Waals surface area contributed by atoms with E-state index < -0.39 is 0 Å². The third-order valence-corrected chi connectivity index (χ3v) is 3.70. The van der Waals surface area contributed by atoms with Gasteiger partial charge < -0.3 is 15.2 Å². The minimum absolute atomic E-state index is 0. The smallest absolute Gasteiger partial charge is 0.197 e. The molecule has 9 heteroatoms. The lowest BCUT2D eigenvalue weighted by atomic mass is 10.0. The molecule has 0 amide bonds. The molecular weight excluding hydrogens is 347 g/mol. The predicted molar refractivity (Wildman–Crippen MR) is 95.7 cm³/mol. The van der Waals surface area contributed by atoms with E-state index in [4.69, 9.17) is 21.1 Å². The van der Waals surface area contributed by atoms with Crippen LogP contribution in [0.25, 0.3) is 11.3 Å². The fraction of sp³-hybridized carbons (Fsp3) is 0.308. The van der Waals surface area contributed by atoms with Gasteiger partial charge in [-0.25, -0.2) is 10.8 Å². The topological polar surface area (TPSA) is 95.4 Å². The maximum atomic E-state index is 5.68. The second-order valence-corrected chi connectivity index (χ2v) is 4.94. The largest absolute Gasteiger partial charge is 0.493 e. The van der Waals surface area contributed by atoms with E-state index in [1.165, 1.54) is 11.3 Å². The third-order valence-electron chi connectivity index (χ3n) is 2.93. The molecule has 0 radical (unpaired) electrons. The number of rotatable bonds is 6. The zero-order valence-corrected chi connectivity index (χ0v) is 14.7. The van der Waals surface area contributed by atoms with E-state index in [9.17, 15) is 0 Å². The van der Waals surface area contributed by atoms with Gasteiger partial charge in [0.1, 0.15) is 0 Å². The number of aromatic nitrogens is 1. The summed E-state index contributed by atoms with van der Waals surface area (Å²) in [5.74, 6) is 6.73. The number of nitrogens with one attached hydrogen (secondary N) is 1. The fourth-order valence-corrected chi connectivity index (χ4v) is 2.61. The number of nitrogen functional groups attached to an aromatic ring is 1. The summed E-state index contributed by atoms with van der Waals surface area (Å²) >= 11 is 1.44. The van der Waals surface area contributed by atoms with Crippen LogP contribution in [-0.2, 0) is 6.42 Å². The van der Waals surface area contributed by atoms with E-state index in [2.05, 4.69) is 10.4 Å². The van der Waals surface area contributed by atoms with Crippen molar-refractivity contribution in [1.82, 2.24) is 4.98 Å². The highest BCUT2D eigenvalue weighted by Crippen LogP contribution is 2.36. The predicted octanol–water partition coefficient (Wildman–Crippen LogP) is 2.46. The molecule has 0 fully saturated rings. The average Bonchev–Trinajstić information content (AvgIpc) is 2.95. The van der Waals surface area contributed by atoms with Crippen LogP contribution in [-0.4, -0.2) is 25.7 Å². The van der Waals surface area contributed by atoms with Gasteiger partial charge in [0.25, 0.3) is 0 Å². The van der Waals surface area contributed by atoms with Gasteiger partial charge in [0, 0.05) is 10.9 Å². The molecular formula is C13H20Cl2N4O2S. The number of hydrazine groups is 1. The molecule has 1 heterocycles. The van der Waals surface area contributed by atoms with E-state index >= 15 is 0 Å². The normalized spacial score (nSPS) is 9.45. The van der Waals surface area contributed by atoms with Gasteiger partial charge in [-0.1, -0.05) is 0 Å². The Hall–Kier alpha value is -1.25. The lowest BCUT2D eigenvalue weighted by Gasteiger charge is -2.13. The molecule has 5 N–H and O–H groups in total. The molecule has 0 aliphatic rings. The quantitative estimate of drug-likeness (QED) is 0.536. The van der Waals surface area contributed by atoms with Crippen molar-refractivity contribution in [2.24, 2.45) is 11.6 Å². The molecule has 124 valence electrons. The Bertz CT molecular complexity index is 595. The van der Waals surface area contributed by atoms with Crippen molar-refractivity contribution in [1.29, 1.82) is 0 Å². The van der Waals surface area contributed by atoms with Crippen LogP contribution in [0.3, 0.4) is 0 Å². The van der Waals surface area contributed by atoms with Crippen molar-refractivity contribution >= 4 is 41.3 Å². The van der Waals surface area contributed by atoms with Crippen molar-refractivity contribution < 1.29 is 9.47 Å². The number of nitrogens with zero attached hydrogens (tertiary/aromatic N) is 1. The van der Waals surface area contributed by atoms with Crippen molar-refractivity contribution in [2.45, 2.75) is 6.42 Å². The monoisotopic (exact) mass is 366 g/mol. The highest BCUT2D eigenvalue weighted by molar-refractivity contribution is 7.14. The first-order valence-electron chi connectivity index (χ1n) is 6.11. The van der Waals surface area contributed by atoms with Crippen LogP contribution in [0.15, 0.2) is 17.5 Å². The minimum atomic E-state index is 0. The standard InChI is InChI=1S/C13H18N4O2S.2ClH/c1-18-11-5-8(3-4-14)9(6-12(11)19-2)10-7-20-13(16-10)17-15;;/h5-7H,3-4,14-15H2,1-2H3,(H,16,17);2*1H. The molecule has 1 aromatic carbocycles. The summed E-state index contributed by atoms with van der Waals surface area (Å²) < 4.78 is 10.7. The number of ether oxygens (including phenoxy) is 2. The summed E-state index contributed by atoms with van der Waals surface area (Å²) in [6.07, 6.45) is 0.735. The van der Waals surface area contributed by atoms with Crippen LogP contribution in [0.4, 0.5) is 5.13 Å². The average molecular weight is 367 g/mol. The van der Waals surface area contributed by atoms with Crippen LogP contribution < -0.4 is 26.5 Å². The first-order chi connectivity index (χ1) is 9.73. The van der Waals surface area contributed by atoms with Crippen LogP contribution in [0, 0.1) is 0 Å². The molecule has 0 saturated carbocycles. The summed E-state index contributed by atoms with van der Waals surface area (Å²) in [7, 11) is 3.22.